The molecule has 2 nitrogen and oxygen atoms in total. The molecule has 0 heterocycles. The molecule has 2 heteroatoms. The maximum Gasteiger partial charge on any atom is 0.306 e. The summed E-state index contributed by atoms with van der Waals surface area (Å²) >= 11 is 0. The third-order valence-electron chi connectivity index (χ3n) is 5.24. The van der Waals surface area contributed by atoms with Crippen LogP contribution in [0.2, 0.25) is 0 Å². The zero-order valence-corrected chi connectivity index (χ0v) is 16.8. The van der Waals surface area contributed by atoms with Gasteiger partial charge in [0.2, 0.25) is 0 Å². The molecular formula is C23H42O2. The number of carbonyl (C=O) groups excluding carboxylic acids is 1. The first-order valence-electron chi connectivity index (χ1n) is 11.2. The molecule has 0 saturated heterocycles. The Bertz CT molecular complexity index is 329. The van der Waals surface area contributed by atoms with Gasteiger partial charge < -0.3 is 4.74 Å². The van der Waals surface area contributed by atoms with Gasteiger partial charge in [-0.25, -0.2) is 0 Å². The Morgan fingerprint density at radius 1 is 0.800 bits per heavy atom. The van der Waals surface area contributed by atoms with Crippen molar-refractivity contribution in [2.75, 3.05) is 0 Å². The highest BCUT2D eigenvalue weighted by Gasteiger charge is 2.18. The van der Waals surface area contributed by atoms with E-state index in [4.69, 9.17) is 4.74 Å². The standard InChI is InChI=1S/C23H42O2/c1-2-3-4-5-6-7-8-9-10-11-12-13-14-15-16-21-23(24)25-22-19-17-18-20-22/h9-10,22H,2-8,11-21H2,1H3/b10-9-. The van der Waals surface area contributed by atoms with Gasteiger partial charge in [-0.05, 0) is 57.8 Å². The number of carbonyl (C=O) groups is 1. The van der Waals surface area contributed by atoms with E-state index >= 15 is 0 Å². The van der Waals surface area contributed by atoms with E-state index in [1.54, 1.807) is 0 Å². The summed E-state index contributed by atoms with van der Waals surface area (Å²) in [6, 6.07) is 0. The van der Waals surface area contributed by atoms with Crippen LogP contribution in [0.3, 0.4) is 0 Å². The molecule has 1 aliphatic rings. The number of hydrogen-bond donors (Lipinski definition) is 0. The van der Waals surface area contributed by atoms with Gasteiger partial charge in [-0.1, -0.05) is 70.4 Å². The van der Waals surface area contributed by atoms with Crippen molar-refractivity contribution in [1.29, 1.82) is 0 Å². The first-order valence-corrected chi connectivity index (χ1v) is 11.2. The number of unbranched alkanes of at least 4 members (excludes halogenated alkanes) is 11. The van der Waals surface area contributed by atoms with Crippen molar-refractivity contribution < 1.29 is 9.53 Å². The summed E-state index contributed by atoms with van der Waals surface area (Å²) in [6.07, 6.45) is 27.0. The second-order valence-corrected chi connectivity index (χ2v) is 7.73. The fourth-order valence-electron chi connectivity index (χ4n) is 3.59. The Labute approximate surface area is 156 Å². The predicted octanol–water partition coefficient (Wildman–Crippen LogP) is 7.51. The minimum absolute atomic E-state index is 0.0320. The molecule has 146 valence electrons. The molecule has 25 heavy (non-hydrogen) atoms. The van der Waals surface area contributed by atoms with Gasteiger partial charge in [0.15, 0.2) is 0 Å². The molecule has 0 aromatic carbocycles. The molecule has 1 fully saturated rings. The predicted molar refractivity (Wildman–Crippen MR) is 108 cm³/mol. The molecule has 1 saturated carbocycles. The summed E-state index contributed by atoms with van der Waals surface area (Å²) in [7, 11) is 0. The average molecular weight is 351 g/mol. The Kier molecular flexibility index (Phi) is 14.8. The maximum atomic E-state index is 11.7. The van der Waals surface area contributed by atoms with Gasteiger partial charge in [-0.15, -0.1) is 0 Å². The second kappa shape index (κ2) is 16.7. The lowest BCUT2D eigenvalue weighted by atomic mass is 10.1. The lowest BCUT2D eigenvalue weighted by Gasteiger charge is -2.10. The maximum absolute atomic E-state index is 11.7. The van der Waals surface area contributed by atoms with E-state index in [1.165, 1.54) is 89.9 Å². The Morgan fingerprint density at radius 3 is 1.92 bits per heavy atom. The van der Waals surface area contributed by atoms with Gasteiger partial charge in [0.1, 0.15) is 6.10 Å². The number of allylic oxidation sites excluding steroid dienone is 2. The summed E-state index contributed by atoms with van der Waals surface area (Å²) in [5.41, 5.74) is 0. The zero-order valence-electron chi connectivity index (χ0n) is 16.8. The topological polar surface area (TPSA) is 26.3 Å². The Balaban J connectivity index is 1.76. The fourth-order valence-corrected chi connectivity index (χ4v) is 3.59. The first-order chi connectivity index (χ1) is 12.3. The van der Waals surface area contributed by atoms with Gasteiger partial charge in [0, 0.05) is 6.42 Å². The Morgan fingerprint density at radius 2 is 1.32 bits per heavy atom. The van der Waals surface area contributed by atoms with Gasteiger partial charge in [-0.3, -0.25) is 4.79 Å². The summed E-state index contributed by atoms with van der Waals surface area (Å²) in [6.45, 7) is 2.27. The van der Waals surface area contributed by atoms with Crippen LogP contribution in [-0.2, 0) is 9.53 Å². The van der Waals surface area contributed by atoms with E-state index in [9.17, 15) is 4.79 Å². The normalized spacial score (nSPS) is 15.2. The van der Waals surface area contributed by atoms with Gasteiger partial charge in [0.05, 0.1) is 0 Å². The van der Waals surface area contributed by atoms with Crippen molar-refractivity contribution in [2.24, 2.45) is 0 Å². The minimum Gasteiger partial charge on any atom is -0.462 e. The van der Waals surface area contributed by atoms with Gasteiger partial charge >= 0.3 is 5.97 Å². The monoisotopic (exact) mass is 350 g/mol. The lowest BCUT2D eigenvalue weighted by molar-refractivity contribution is -0.148. The molecule has 0 amide bonds. The van der Waals surface area contributed by atoms with E-state index < -0.39 is 0 Å². The summed E-state index contributed by atoms with van der Waals surface area (Å²) in [5, 5.41) is 0. The van der Waals surface area contributed by atoms with E-state index in [1.807, 2.05) is 0 Å². The largest absolute Gasteiger partial charge is 0.462 e. The van der Waals surface area contributed by atoms with Crippen LogP contribution in [0.15, 0.2) is 12.2 Å². The highest BCUT2D eigenvalue weighted by atomic mass is 16.5. The van der Waals surface area contributed by atoms with Crippen LogP contribution in [0, 0.1) is 0 Å². The molecule has 0 radical (unpaired) electrons. The molecule has 0 unspecified atom stereocenters. The van der Waals surface area contributed by atoms with Crippen molar-refractivity contribution >= 4 is 5.97 Å². The molecule has 0 aromatic rings. The van der Waals surface area contributed by atoms with Crippen LogP contribution < -0.4 is 0 Å². The fraction of sp³-hybridized carbons (Fsp3) is 0.870. The Hall–Kier alpha value is -0.790. The van der Waals surface area contributed by atoms with Gasteiger partial charge in [-0.2, -0.15) is 0 Å². The average Bonchev–Trinajstić information content (AvgIpc) is 3.11. The molecule has 0 aromatic heterocycles. The van der Waals surface area contributed by atoms with Crippen molar-refractivity contribution in [2.45, 2.75) is 129 Å². The van der Waals surface area contributed by atoms with Crippen LogP contribution in [0.1, 0.15) is 122 Å². The molecule has 1 aliphatic carbocycles. The molecular weight excluding hydrogens is 308 g/mol. The van der Waals surface area contributed by atoms with Crippen LogP contribution in [-0.4, -0.2) is 12.1 Å². The first kappa shape index (κ1) is 22.3. The number of rotatable bonds is 16. The molecule has 0 aliphatic heterocycles. The van der Waals surface area contributed by atoms with Crippen LogP contribution in [0.25, 0.3) is 0 Å². The minimum atomic E-state index is 0.0320. The van der Waals surface area contributed by atoms with Crippen molar-refractivity contribution in [3.63, 3.8) is 0 Å². The SMILES string of the molecule is CCCCCCCC/C=C\CCCCCCCC(=O)OC1CCCC1. The van der Waals surface area contributed by atoms with Crippen LogP contribution in [0.5, 0.6) is 0 Å². The van der Waals surface area contributed by atoms with E-state index in [-0.39, 0.29) is 12.1 Å². The van der Waals surface area contributed by atoms with E-state index in [0.717, 1.165) is 19.3 Å². The smallest absolute Gasteiger partial charge is 0.306 e. The highest BCUT2D eigenvalue weighted by Crippen LogP contribution is 2.21. The number of esters is 1. The zero-order chi connectivity index (χ0) is 18.0. The van der Waals surface area contributed by atoms with E-state index in [0.29, 0.717) is 6.42 Å². The van der Waals surface area contributed by atoms with Crippen molar-refractivity contribution in [1.82, 2.24) is 0 Å². The molecule has 0 atom stereocenters. The van der Waals surface area contributed by atoms with E-state index in [2.05, 4.69) is 19.1 Å². The summed E-state index contributed by atoms with van der Waals surface area (Å²) in [5.74, 6) is 0.0320. The molecule has 0 bridgehead atoms. The van der Waals surface area contributed by atoms with Crippen LogP contribution >= 0.6 is 0 Å². The highest BCUT2D eigenvalue weighted by molar-refractivity contribution is 5.69. The summed E-state index contributed by atoms with van der Waals surface area (Å²) in [4.78, 5) is 11.7. The quantitative estimate of drug-likeness (QED) is 0.163. The lowest BCUT2D eigenvalue weighted by Crippen LogP contribution is -2.14. The van der Waals surface area contributed by atoms with Crippen molar-refractivity contribution in [3.8, 4) is 0 Å². The molecule has 1 rings (SSSR count). The third kappa shape index (κ3) is 14.1. The summed E-state index contributed by atoms with van der Waals surface area (Å²) < 4.78 is 5.48. The number of ether oxygens (including phenoxy) is 1. The van der Waals surface area contributed by atoms with Crippen molar-refractivity contribution in [3.05, 3.63) is 12.2 Å². The molecule has 0 spiro atoms. The van der Waals surface area contributed by atoms with Crippen LogP contribution in [0.4, 0.5) is 0 Å². The number of hydrogen-bond acceptors (Lipinski definition) is 2. The third-order valence-corrected chi connectivity index (χ3v) is 5.24. The molecule has 0 N–H and O–H groups in total. The van der Waals surface area contributed by atoms with Gasteiger partial charge in [0.25, 0.3) is 0 Å². The second-order valence-electron chi connectivity index (χ2n) is 7.73.